The predicted molar refractivity (Wildman–Crippen MR) is 107 cm³/mol. The maximum Gasteiger partial charge on any atom is 0.276 e. The molecule has 26 heavy (non-hydrogen) atoms. The zero-order valence-electron chi connectivity index (χ0n) is 16.4. The summed E-state index contributed by atoms with van der Waals surface area (Å²) >= 11 is 0. The number of amides is 1. The average molecular weight is 373 g/mol. The highest BCUT2D eigenvalue weighted by Crippen LogP contribution is 2.37. The molecule has 1 N–H and O–H groups in total. The maximum absolute atomic E-state index is 12.6. The number of aliphatic hydroxyl groups is 1. The van der Waals surface area contributed by atoms with Crippen molar-refractivity contribution in [1.29, 1.82) is 0 Å². The van der Waals surface area contributed by atoms with Crippen LogP contribution in [0.15, 0.2) is 42.5 Å². The van der Waals surface area contributed by atoms with E-state index in [0.717, 1.165) is 11.4 Å². The molecule has 0 fully saturated rings. The quantitative estimate of drug-likeness (QED) is 0.798. The predicted octanol–water partition coefficient (Wildman–Crippen LogP) is 4.23. The summed E-state index contributed by atoms with van der Waals surface area (Å²) in [6, 6.07) is 12.6. The summed E-state index contributed by atoms with van der Waals surface area (Å²) in [6.45, 7) is 10.8. The molecule has 1 amide bonds. The van der Waals surface area contributed by atoms with E-state index in [1.807, 2.05) is 24.3 Å². The summed E-state index contributed by atoms with van der Waals surface area (Å²) in [5.41, 5.74) is 1.54. The van der Waals surface area contributed by atoms with Gasteiger partial charge in [-0.05, 0) is 54.5 Å². The van der Waals surface area contributed by atoms with Gasteiger partial charge in [-0.15, -0.1) is 0 Å². The van der Waals surface area contributed by atoms with E-state index in [1.165, 1.54) is 0 Å². The van der Waals surface area contributed by atoms with Crippen molar-refractivity contribution in [2.24, 2.45) is 0 Å². The standard InChI is InChI=1S/C20H28N2O3Si/c1-20(2,3)26(5,6)25-17-12-10-16(11-13-17)22(4)19(24)18-9-7-8-15(14-23)21-18/h7-13,23H,14H2,1-6H3. The van der Waals surface area contributed by atoms with Crippen LogP contribution in [0.1, 0.15) is 37.0 Å². The Balaban J connectivity index is 2.15. The van der Waals surface area contributed by atoms with Crippen LogP contribution in [0.25, 0.3) is 0 Å². The molecule has 0 bridgehead atoms. The highest BCUT2D eigenvalue weighted by atomic mass is 28.4. The Bertz CT molecular complexity index is 767. The third-order valence-electron chi connectivity index (χ3n) is 4.90. The number of aliphatic hydroxyl groups excluding tert-OH is 1. The lowest BCUT2D eigenvalue weighted by Gasteiger charge is -2.36. The van der Waals surface area contributed by atoms with Crippen molar-refractivity contribution in [1.82, 2.24) is 4.98 Å². The van der Waals surface area contributed by atoms with Crippen LogP contribution in [0.5, 0.6) is 5.75 Å². The van der Waals surface area contributed by atoms with E-state index < -0.39 is 8.32 Å². The minimum Gasteiger partial charge on any atom is -0.544 e. The van der Waals surface area contributed by atoms with Gasteiger partial charge in [-0.25, -0.2) is 4.98 Å². The molecular weight excluding hydrogens is 344 g/mol. The molecule has 0 aliphatic heterocycles. The molecular formula is C20H28N2O3Si. The van der Waals surface area contributed by atoms with Crippen LogP contribution in [0, 0.1) is 0 Å². The lowest BCUT2D eigenvalue weighted by atomic mass is 10.2. The highest BCUT2D eigenvalue weighted by molar-refractivity contribution is 6.74. The Morgan fingerprint density at radius 2 is 1.77 bits per heavy atom. The van der Waals surface area contributed by atoms with E-state index in [1.54, 1.807) is 30.1 Å². The molecule has 0 atom stereocenters. The van der Waals surface area contributed by atoms with Crippen molar-refractivity contribution in [2.75, 3.05) is 11.9 Å². The monoisotopic (exact) mass is 372 g/mol. The second kappa shape index (κ2) is 7.59. The van der Waals surface area contributed by atoms with Crippen molar-refractivity contribution in [3.63, 3.8) is 0 Å². The molecule has 0 aliphatic rings. The van der Waals surface area contributed by atoms with Gasteiger partial charge in [-0.1, -0.05) is 26.8 Å². The zero-order chi connectivity index (χ0) is 19.5. The number of pyridine rings is 1. The molecule has 140 valence electrons. The summed E-state index contributed by atoms with van der Waals surface area (Å²) in [5, 5.41) is 9.31. The van der Waals surface area contributed by atoms with Gasteiger partial charge < -0.3 is 14.4 Å². The lowest BCUT2D eigenvalue weighted by Crippen LogP contribution is -2.43. The van der Waals surface area contributed by atoms with Gasteiger partial charge in [0.05, 0.1) is 12.3 Å². The second-order valence-corrected chi connectivity index (χ2v) is 12.6. The number of carbonyl (C=O) groups excluding carboxylic acids is 1. The topological polar surface area (TPSA) is 62.7 Å². The number of aromatic nitrogens is 1. The molecule has 0 radical (unpaired) electrons. The summed E-state index contributed by atoms with van der Waals surface area (Å²) < 4.78 is 6.27. The van der Waals surface area contributed by atoms with Crippen molar-refractivity contribution in [3.8, 4) is 5.75 Å². The Hall–Kier alpha value is -2.18. The fourth-order valence-electron chi connectivity index (χ4n) is 2.16. The van der Waals surface area contributed by atoms with Crippen LogP contribution in [0.3, 0.4) is 0 Å². The molecule has 0 unspecified atom stereocenters. The first kappa shape index (κ1) is 20.1. The first-order valence-corrected chi connectivity index (χ1v) is 11.6. The molecule has 2 rings (SSSR count). The van der Waals surface area contributed by atoms with Gasteiger partial charge in [0.15, 0.2) is 0 Å². The van der Waals surface area contributed by atoms with E-state index in [9.17, 15) is 9.90 Å². The molecule has 0 saturated carbocycles. The maximum atomic E-state index is 12.6. The first-order valence-electron chi connectivity index (χ1n) is 8.69. The number of rotatable bonds is 5. The molecule has 2 aromatic rings. The van der Waals surface area contributed by atoms with Crippen LogP contribution < -0.4 is 9.33 Å². The van der Waals surface area contributed by atoms with Crippen molar-refractivity contribution in [3.05, 3.63) is 53.9 Å². The number of carbonyl (C=O) groups is 1. The summed E-state index contributed by atoms with van der Waals surface area (Å²) in [6.07, 6.45) is 0. The van der Waals surface area contributed by atoms with Gasteiger partial charge in [0.1, 0.15) is 11.4 Å². The fraction of sp³-hybridized carbons (Fsp3) is 0.400. The number of nitrogens with zero attached hydrogens (tertiary/aromatic N) is 2. The average Bonchev–Trinajstić information content (AvgIpc) is 2.60. The van der Waals surface area contributed by atoms with Crippen molar-refractivity contribution >= 4 is 19.9 Å². The summed E-state index contributed by atoms with van der Waals surface area (Å²) in [5.74, 6) is 0.597. The van der Waals surface area contributed by atoms with E-state index >= 15 is 0 Å². The van der Waals surface area contributed by atoms with E-state index in [0.29, 0.717) is 11.4 Å². The number of anilines is 1. The largest absolute Gasteiger partial charge is 0.544 e. The third kappa shape index (κ3) is 4.50. The Labute approximate surface area is 156 Å². The Kier molecular flexibility index (Phi) is 5.88. The molecule has 5 nitrogen and oxygen atoms in total. The summed E-state index contributed by atoms with van der Waals surface area (Å²) in [4.78, 5) is 18.3. The van der Waals surface area contributed by atoms with Crippen molar-refractivity contribution in [2.45, 2.75) is 45.5 Å². The SMILES string of the molecule is CN(C(=O)c1cccc(CO)n1)c1ccc(O[Si](C)(C)C(C)(C)C)cc1. The highest BCUT2D eigenvalue weighted by Gasteiger charge is 2.38. The Morgan fingerprint density at radius 1 is 1.15 bits per heavy atom. The number of benzene rings is 1. The van der Waals surface area contributed by atoms with Crippen LogP contribution in [0.4, 0.5) is 5.69 Å². The molecule has 6 heteroatoms. The van der Waals surface area contributed by atoms with Crippen LogP contribution in [-0.2, 0) is 6.61 Å². The van der Waals surface area contributed by atoms with E-state index in [2.05, 4.69) is 38.8 Å². The molecule has 1 heterocycles. The third-order valence-corrected chi connectivity index (χ3v) is 9.25. The van der Waals surface area contributed by atoms with Gasteiger partial charge in [-0.2, -0.15) is 0 Å². The van der Waals surface area contributed by atoms with Crippen LogP contribution in [-0.4, -0.2) is 31.4 Å². The van der Waals surface area contributed by atoms with E-state index in [-0.39, 0.29) is 17.6 Å². The van der Waals surface area contributed by atoms with Crippen LogP contribution in [0.2, 0.25) is 18.1 Å². The summed E-state index contributed by atoms with van der Waals surface area (Å²) in [7, 11) is -0.182. The number of hydrogen-bond acceptors (Lipinski definition) is 4. The van der Waals surface area contributed by atoms with Gasteiger partial charge in [-0.3, -0.25) is 4.79 Å². The van der Waals surface area contributed by atoms with Gasteiger partial charge in [0, 0.05) is 12.7 Å². The molecule has 0 aliphatic carbocycles. The molecule has 1 aromatic heterocycles. The molecule has 0 saturated heterocycles. The minimum absolute atomic E-state index is 0.127. The fourth-order valence-corrected chi connectivity index (χ4v) is 3.19. The smallest absolute Gasteiger partial charge is 0.276 e. The van der Waals surface area contributed by atoms with Gasteiger partial charge in [0.2, 0.25) is 8.32 Å². The zero-order valence-corrected chi connectivity index (χ0v) is 17.4. The number of hydrogen-bond donors (Lipinski definition) is 1. The molecule has 1 aromatic carbocycles. The first-order chi connectivity index (χ1) is 12.0. The minimum atomic E-state index is -1.89. The van der Waals surface area contributed by atoms with Gasteiger partial charge in [0.25, 0.3) is 5.91 Å². The van der Waals surface area contributed by atoms with Crippen LogP contribution >= 0.6 is 0 Å². The lowest BCUT2D eigenvalue weighted by molar-refractivity contribution is 0.0987. The second-order valence-electron chi connectivity index (χ2n) is 7.89. The van der Waals surface area contributed by atoms with Gasteiger partial charge >= 0.3 is 0 Å². The Morgan fingerprint density at radius 3 is 2.31 bits per heavy atom. The van der Waals surface area contributed by atoms with E-state index in [4.69, 9.17) is 4.43 Å². The molecule has 0 spiro atoms. The van der Waals surface area contributed by atoms with Crippen molar-refractivity contribution < 1.29 is 14.3 Å². The normalized spacial score (nSPS) is 12.0.